The molecule has 4 rings (SSSR count). The molecule has 0 saturated heterocycles. The Hall–Kier alpha value is -3.32. The van der Waals surface area contributed by atoms with Crippen molar-refractivity contribution in [3.8, 4) is 5.88 Å². The summed E-state index contributed by atoms with van der Waals surface area (Å²) >= 11 is 6.21. The van der Waals surface area contributed by atoms with Crippen LogP contribution >= 0.6 is 11.6 Å². The molecule has 0 N–H and O–H groups in total. The van der Waals surface area contributed by atoms with Crippen LogP contribution in [0.1, 0.15) is 53.2 Å². The normalized spacial score (nSPS) is 13.3. The van der Waals surface area contributed by atoms with E-state index in [1.54, 1.807) is 19.1 Å². The van der Waals surface area contributed by atoms with Crippen LogP contribution in [-0.2, 0) is 11.3 Å². The number of esters is 1. The van der Waals surface area contributed by atoms with Crippen LogP contribution in [0.4, 0.5) is 13.2 Å². The average Bonchev–Trinajstić information content (AvgIpc) is 3.31. The first kappa shape index (κ1) is 23.8. The molecule has 0 radical (unpaired) electrons. The first-order chi connectivity index (χ1) is 16.4. The van der Waals surface area contributed by atoms with Crippen molar-refractivity contribution in [1.29, 1.82) is 0 Å². The third-order valence-corrected chi connectivity index (χ3v) is 5.77. The van der Waals surface area contributed by atoms with Gasteiger partial charge in [0.1, 0.15) is 12.4 Å². The van der Waals surface area contributed by atoms with Gasteiger partial charge in [-0.15, -0.1) is 0 Å². The van der Waals surface area contributed by atoms with Crippen LogP contribution in [-0.4, -0.2) is 17.6 Å². The lowest BCUT2D eigenvalue weighted by molar-refractivity contribution is 0.0521. The van der Waals surface area contributed by atoms with Crippen molar-refractivity contribution >= 4 is 28.7 Å². The maximum atomic E-state index is 14.3. The minimum absolute atomic E-state index is 0.0564. The van der Waals surface area contributed by atoms with E-state index in [0.29, 0.717) is 29.0 Å². The molecule has 0 atom stereocenters. The Bertz CT molecular complexity index is 1280. The van der Waals surface area contributed by atoms with Gasteiger partial charge in [-0.2, -0.15) is 0 Å². The van der Waals surface area contributed by atoms with Crippen molar-refractivity contribution in [3.63, 3.8) is 0 Å². The summed E-state index contributed by atoms with van der Waals surface area (Å²) in [5.41, 5.74) is 2.99. The Morgan fingerprint density at radius 3 is 2.65 bits per heavy atom. The zero-order chi connectivity index (χ0) is 24.2. The van der Waals surface area contributed by atoms with E-state index in [1.807, 2.05) is 0 Å². The minimum Gasteiger partial charge on any atom is -0.472 e. The zero-order valence-corrected chi connectivity index (χ0v) is 19.1. The van der Waals surface area contributed by atoms with Gasteiger partial charge in [-0.3, -0.25) is 0 Å². The standard InChI is InChI=1S/C26H21ClF3NO3/c1-2-33-26(32)21-11-15(9-10-22(21)28)18-6-4-7-19(18)20-12-17(27)13-31-25(20)34-14-16-5-3-8-23(29)24(16)30/h3,5,8-13H,2,4,6-7,14H2,1H3. The fourth-order valence-corrected chi connectivity index (χ4v) is 4.16. The Balaban J connectivity index is 1.72. The van der Waals surface area contributed by atoms with Crippen molar-refractivity contribution in [2.24, 2.45) is 0 Å². The van der Waals surface area contributed by atoms with Crippen LogP contribution in [0.2, 0.25) is 5.02 Å². The summed E-state index contributed by atoms with van der Waals surface area (Å²) in [4.78, 5) is 16.4. The molecule has 0 saturated carbocycles. The molecule has 1 aliphatic rings. The van der Waals surface area contributed by atoms with E-state index in [4.69, 9.17) is 21.1 Å². The molecule has 3 aromatic rings. The van der Waals surface area contributed by atoms with E-state index in [-0.39, 0.29) is 30.2 Å². The maximum Gasteiger partial charge on any atom is 0.341 e. The summed E-state index contributed by atoms with van der Waals surface area (Å²) in [6, 6.07) is 9.90. The summed E-state index contributed by atoms with van der Waals surface area (Å²) in [6.45, 7) is 1.56. The minimum atomic E-state index is -0.975. The Labute approximate surface area is 200 Å². The van der Waals surface area contributed by atoms with Crippen LogP contribution in [0.3, 0.4) is 0 Å². The number of halogens is 4. The molecular weight excluding hydrogens is 467 g/mol. The third-order valence-electron chi connectivity index (χ3n) is 5.57. The Kier molecular flexibility index (Phi) is 7.22. The van der Waals surface area contributed by atoms with Gasteiger partial charge in [0.2, 0.25) is 5.88 Å². The van der Waals surface area contributed by atoms with Crippen LogP contribution < -0.4 is 4.74 Å². The van der Waals surface area contributed by atoms with Gasteiger partial charge in [0.15, 0.2) is 11.6 Å². The molecule has 0 aliphatic heterocycles. The highest BCUT2D eigenvalue weighted by Crippen LogP contribution is 2.43. The number of ether oxygens (including phenoxy) is 2. The molecule has 0 amide bonds. The molecule has 4 nitrogen and oxygen atoms in total. The fourth-order valence-electron chi connectivity index (χ4n) is 4.00. The van der Waals surface area contributed by atoms with Gasteiger partial charge in [0.05, 0.1) is 17.2 Å². The van der Waals surface area contributed by atoms with Crippen molar-refractivity contribution in [2.75, 3.05) is 6.61 Å². The molecule has 34 heavy (non-hydrogen) atoms. The molecule has 176 valence electrons. The lowest BCUT2D eigenvalue weighted by Gasteiger charge is -2.15. The number of hydrogen-bond donors (Lipinski definition) is 0. The maximum absolute atomic E-state index is 14.3. The van der Waals surface area contributed by atoms with E-state index < -0.39 is 23.4 Å². The zero-order valence-electron chi connectivity index (χ0n) is 18.3. The van der Waals surface area contributed by atoms with Crippen LogP contribution in [0.15, 0.2) is 48.7 Å². The van der Waals surface area contributed by atoms with Crippen molar-refractivity contribution < 1.29 is 27.4 Å². The smallest absolute Gasteiger partial charge is 0.341 e. The topological polar surface area (TPSA) is 48.4 Å². The SMILES string of the molecule is CCOC(=O)c1cc(C2=C(c3cc(Cl)cnc3OCc3cccc(F)c3F)CCC2)ccc1F. The molecule has 8 heteroatoms. The van der Waals surface area contributed by atoms with Gasteiger partial charge in [0, 0.05) is 17.3 Å². The Morgan fingerprint density at radius 2 is 1.85 bits per heavy atom. The highest BCUT2D eigenvalue weighted by atomic mass is 35.5. The van der Waals surface area contributed by atoms with E-state index in [9.17, 15) is 18.0 Å². The predicted octanol–water partition coefficient (Wildman–Crippen LogP) is 7.00. The van der Waals surface area contributed by atoms with E-state index in [0.717, 1.165) is 23.6 Å². The summed E-state index contributed by atoms with van der Waals surface area (Å²) in [5.74, 6) is -3.10. The molecule has 1 aliphatic carbocycles. The molecule has 0 bridgehead atoms. The number of nitrogens with zero attached hydrogens (tertiary/aromatic N) is 1. The van der Waals surface area contributed by atoms with E-state index >= 15 is 0 Å². The van der Waals surface area contributed by atoms with Crippen molar-refractivity contribution in [3.05, 3.63) is 93.4 Å². The highest BCUT2D eigenvalue weighted by Gasteiger charge is 2.24. The average molecular weight is 488 g/mol. The monoisotopic (exact) mass is 487 g/mol. The molecule has 0 unspecified atom stereocenters. The summed E-state index contributed by atoms with van der Waals surface area (Å²) in [7, 11) is 0. The lowest BCUT2D eigenvalue weighted by atomic mass is 9.96. The van der Waals surface area contributed by atoms with Gasteiger partial charge in [-0.05, 0) is 67.2 Å². The molecular formula is C26H21ClF3NO3. The predicted molar refractivity (Wildman–Crippen MR) is 123 cm³/mol. The second-order valence-corrected chi connectivity index (χ2v) is 8.17. The molecule has 1 heterocycles. The van der Waals surface area contributed by atoms with Crippen molar-refractivity contribution in [1.82, 2.24) is 4.98 Å². The van der Waals surface area contributed by atoms with Gasteiger partial charge < -0.3 is 9.47 Å². The lowest BCUT2D eigenvalue weighted by Crippen LogP contribution is -2.08. The Morgan fingerprint density at radius 1 is 1.06 bits per heavy atom. The number of carbonyl (C=O) groups is 1. The van der Waals surface area contributed by atoms with Crippen molar-refractivity contribution in [2.45, 2.75) is 32.8 Å². The molecule has 0 spiro atoms. The van der Waals surface area contributed by atoms with Gasteiger partial charge in [0.25, 0.3) is 0 Å². The highest BCUT2D eigenvalue weighted by molar-refractivity contribution is 6.30. The molecule has 2 aromatic carbocycles. The fraction of sp³-hybridized carbons (Fsp3) is 0.231. The van der Waals surface area contributed by atoms with E-state index in [2.05, 4.69) is 4.98 Å². The van der Waals surface area contributed by atoms with Crippen LogP contribution in [0.5, 0.6) is 5.88 Å². The van der Waals surface area contributed by atoms with Gasteiger partial charge in [-0.1, -0.05) is 29.8 Å². The number of allylic oxidation sites excluding steroid dienone is 2. The quantitative estimate of drug-likeness (QED) is 0.336. The third kappa shape index (κ3) is 4.94. The number of hydrogen-bond acceptors (Lipinski definition) is 4. The van der Waals surface area contributed by atoms with Gasteiger partial charge in [-0.25, -0.2) is 22.9 Å². The van der Waals surface area contributed by atoms with Crippen LogP contribution in [0, 0.1) is 17.5 Å². The first-order valence-corrected chi connectivity index (χ1v) is 11.2. The van der Waals surface area contributed by atoms with Crippen LogP contribution in [0.25, 0.3) is 11.1 Å². The van der Waals surface area contributed by atoms with E-state index in [1.165, 1.54) is 30.5 Å². The largest absolute Gasteiger partial charge is 0.472 e. The molecule has 1 aromatic heterocycles. The summed E-state index contributed by atoms with van der Waals surface area (Å²) < 4.78 is 52.6. The molecule has 0 fully saturated rings. The summed E-state index contributed by atoms with van der Waals surface area (Å²) in [6.07, 6.45) is 3.59. The number of benzene rings is 2. The van der Waals surface area contributed by atoms with Gasteiger partial charge >= 0.3 is 5.97 Å². The first-order valence-electron chi connectivity index (χ1n) is 10.8. The number of pyridine rings is 1. The second kappa shape index (κ2) is 10.3. The number of aromatic nitrogens is 1. The number of carbonyl (C=O) groups excluding carboxylic acids is 1. The summed E-state index contributed by atoms with van der Waals surface area (Å²) in [5, 5.41) is 0.379. The second-order valence-electron chi connectivity index (χ2n) is 7.73. The number of rotatable bonds is 7.